The van der Waals surface area contributed by atoms with Crippen molar-refractivity contribution in [2.45, 2.75) is 39.8 Å². The molecule has 86 valence electrons. The van der Waals surface area contributed by atoms with Crippen molar-refractivity contribution in [2.24, 2.45) is 0 Å². The van der Waals surface area contributed by atoms with Crippen molar-refractivity contribution in [3.8, 4) is 0 Å². The van der Waals surface area contributed by atoms with E-state index in [0.717, 1.165) is 12.1 Å². The van der Waals surface area contributed by atoms with Gasteiger partial charge in [0, 0.05) is 6.61 Å². The van der Waals surface area contributed by atoms with E-state index >= 15 is 0 Å². The number of hydrogen-bond acceptors (Lipinski definition) is 2. The highest BCUT2D eigenvalue weighted by atomic mass is 28.4. The van der Waals surface area contributed by atoms with Crippen LogP contribution in [0, 0.1) is 0 Å². The van der Waals surface area contributed by atoms with Gasteiger partial charge in [-0.1, -0.05) is 13.8 Å². The Balaban J connectivity index is 4.96. The van der Waals surface area contributed by atoms with Crippen LogP contribution < -0.4 is 0 Å². The van der Waals surface area contributed by atoms with E-state index in [1.54, 1.807) is 6.92 Å². The van der Waals surface area contributed by atoms with E-state index < -0.39 is 14.3 Å². The smallest absolute Gasteiger partial charge is 0.339 e. The molecule has 0 radical (unpaired) electrons. The zero-order valence-electron chi connectivity index (χ0n) is 9.96. The van der Waals surface area contributed by atoms with Gasteiger partial charge in [0.1, 0.15) is 0 Å². The average molecular weight is 228 g/mol. The van der Waals surface area contributed by atoms with E-state index in [-0.39, 0.29) is 5.57 Å². The Bertz CT molecular complexity index is 274. The van der Waals surface area contributed by atoms with Gasteiger partial charge in [-0.15, -0.1) is 5.73 Å². The maximum atomic E-state index is 10.6. The fourth-order valence-corrected chi connectivity index (χ4v) is 3.74. The molecule has 0 fully saturated rings. The molecule has 4 heteroatoms. The number of carboxylic acids is 1. The summed E-state index contributed by atoms with van der Waals surface area (Å²) in [5.74, 6) is -0.919. The predicted octanol–water partition coefficient (Wildman–Crippen LogP) is 2.73. The summed E-state index contributed by atoms with van der Waals surface area (Å²) in [6.45, 7) is 8.36. The Kier molecular flexibility index (Phi) is 6.25. The van der Waals surface area contributed by atoms with Gasteiger partial charge in [-0.05, 0) is 31.6 Å². The minimum Gasteiger partial charge on any atom is -0.477 e. The van der Waals surface area contributed by atoms with E-state index in [0.29, 0.717) is 6.61 Å². The number of hydrogen-bond donors (Lipinski definition) is 1. The molecule has 0 saturated carbocycles. The SMILES string of the molecule is CCO[Si](C=C=C(C)C(=O)O)(CC)CC. The van der Waals surface area contributed by atoms with Gasteiger partial charge in [0.2, 0.25) is 8.32 Å². The van der Waals surface area contributed by atoms with Gasteiger partial charge in [0.15, 0.2) is 0 Å². The maximum Gasteiger partial charge on any atom is 0.339 e. The zero-order valence-corrected chi connectivity index (χ0v) is 11.0. The van der Waals surface area contributed by atoms with Crippen molar-refractivity contribution in [1.82, 2.24) is 0 Å². The van der Waals surface area contributed by atoms with Crippen LogP contribution >= 0.6 is 0 Å². The second-order valence-electron chi connectivity index (χ2n) is 3.42. The molecule has 0 aliphatic carbocycles. The molecule has 1 N–H and O–H groups in total. The zero-order chi connectivity index (χ0) is 11.9. The Hall–Kier alpha value is -0.833. The quantitative estimate of drug-likeness (QED) is 0.432. The largest absolute Gasteiger partial charge is 0.477 e. The van der Waals surface area contributed by atoms with Gasteiger partial charge >= 0.3 is 5.97 Å². The average Bonchev–Trinajstić information content (AvgIpc) is 2.23. The third-order valence-electron chi connectivity index (χ3n) is 2.50. The summed E-state index contributed by atoms with van der Waals surface area (Å²) in [4.78, 5) is 10.6. The lowest BCUT2D eigenvalue weighted by molar-refractivity contribution is -0.132. The molecular weight excluding hydrogens is 208 g/mol. The Morgan fingerprint density at radius 1 is 1.40 bits per heavy atom. The molecule has 0 spiro atoms. The molecular formula is C11H20O3Si. The Morgan fingerprint density at radius 3 is 2.27 bits per heavy atom. The summed E-state index contributed by atoms with van der Waals surface area (Å²) in [5.41, 5.74) is 4.96. The lowest BCUT2D eigenvalue weighted by Gasteiger charge is -2.23. The molecule has 0 aliphatic rings. The van der Waals surface area contributed by atoms with Crippen LogP contribution in [0.15, 0.2) is 17.0 Å². The topological polar surface area (TPSA) is 46.5 Å². The molecule has 15 heavy (non-hydrogen) atoms. The highest BCUT2D eigenvalue weighted by molar-refractivity contribution is 6.78. The first-order chi connectivity index (χ1) is 7.01. The Labute approximate surface area is 92.6 Å². The molecule has 0 rings (SSSR count). The van der Waals surface area contributed by atoms with Crippen LogP contribution in [0.2, 0.25) is 12.1 Å². The van der Waals surface area contributed by atoms with Crippen LogP contribution in [-0.2, 0) is 9.22 Å². The van der Waals surface area contributed by atoms with Crippen molar-refractivity contribution in [3.05, 3.63) is 17.0 Å². The summed E-state index contributed by atoms with van der Waals surface area (Å²) < 4.78 is 5.77. The maximum absolute atomic E-state index is 10.6. The number of rotatable bonds is 6. The van der Waals surface area contributed by atoms with Gasteiger partial charge in [-0.2, -0.15) is 0 Å². The van der Waals surface area contributed by atoms with Crippen LogP contribution in [0.3, 0.4) is 0 Å². The molecule has 0 heterocycles. The van der Waals surface area contributed by atoms with Crippen molar-refractivity contribution in [1.29, 1.82) is 0 Å². The molecule has 0 amide bonds. The standard InChI is InChI=1S/C11H20O3Si/c1-5-14-15(6-2,7-3)9-8-10(4)11(12)13/h9H,5-7H2,1-4H3,(H,12,13). The normalized spacial score (nSPS) is 10.7. The van der Waals surface area contributed by atoms with Gasteiger partial charge < -0.3 is 9.53 Å². The minimum absolute atomic E-state index is 0.244. The first-order valence-corrected chi connectivity index (χ1v) is 7.73. The molecule has 0 aromatic heterocycles. The fourth-order valence-electron chi connectivity index (χ4n) is 1.29. The van der Waals surface area contributed by atoms with E-state index in [2.05, 4.69) is 19.6 Å². The van der Waals surface area contributed by atoms with Gasteiger partial charge in [0.05, 0.1) is 5.57 Å². The molecule has 3 nitrogen and oxygen atoms in total. The van der Waals surface area contributed by atoms with Crippen LogP contribution in [0.4, 0.5) is 0 Å². The van der Waals surface area contributed by atoms with Crippen LogP contribution in [0.1, 0.15) is 27.7 Å². The molecule has 0 atom stereocenters. The summed E-state index contributed by atoms with van der Waals surface area (Å²) in [5, 5.41) is 8.71. The highest BCUT2D eigenvalue weighted by Crippen LogP contribution is 2.18. The summed E-state index contributed by atoms with van der Waals surface area (Å²) in [6, 6.07) is 1.91. The monoisotopic (exact) mass is 228 g/mol. The summed E-state index contributed by atoms with van der Waals surface area (Å²) >= 11 is 0. The summed E-state index contributed by atoms with van der Waals surface area (Å²) in [6.07, 6.45) is 0. The molecule has 0 bridgehead atoms. The van der Waals surface area contributed by atoms with E-state index in [1.807, 2.05) is 12.6 Å². The second-order valence-corrected chi connectivity index (χ2v) is 7.54. The first kappa shape index (κ1) is 14.2. The molecule has 0 saturated heterocycles. The predicted molar refractivity (Wildman–Crippen MR) is 63.2 cm³/mol. The van der Waals surface area contributed by atoms with Crippen molar-refractivity contribution < 1.29 is 14.3 Å². The van der Waals surface area contributed by atoms with Gasteiger partial charge in [0.25, 0.3) is 0 Å². The summed E-state index contributed by atoms with van der Waals surface area (Å²) in [7, 11) is -1.87. The van der Waals surface area contributed by atoms with E-state index in [9.17, 15) is 4.79 Å². The third kappa shape index (κ3) is 4.47. The third-order valence-corrected chi connectivity index (χ3v) is 6.43. The minimum atomic E-state index is -1.87. The lowest BCUT2D eigenvalue weighted by Crippen LogP contribution is -2.34. The number of aliphatic carboxylic acids is 1. The van der Waals surface area contributed by atoms with Crippen molar-refractivity contribution in [2.75, 3.05) is 6.61 Å². The molecule has 0 aliphatic heterocycles. The van der Waals surface area contributed by atoms with Crippen LogP contribution in [-0.4, -0.2) is 26.0 Å². The highest BCUT2D eigenvalue weighted by Gasteiger charge is 2.27. The molecule has 0 aromatic rings. The van der Waals surface area contributed by atoms with Crippen LogP contribution in [0.25, 0.3) is 0 Å². The Morgan fingerprint density at radius 2 is 1.93 bits per heavy atom. The first-order valence-electron chi connectivity index (χ1n) is 5.33. The van der Waals surface area contributed by atoms with E-state index in [1.165, 1.54) is 0 Å². The van der Waals surface area contributed by atoms with Crippen molar-refractivity contribution in [3.63, 3.8) is 0 Å². The second kappa shape index (κ2) is 6.61. The fraction of sp³-hybridized carbons (Fsp3) is 0.636. The van der Waals surface area contributed by atoms with E-state index in [4.69, 9.17) is 9.53 Å². The van der Waals surface area contributed by atoms with Crippen LogP contribution in [0.5, 0.6) is 0 Å². The number of carboxylic acid groups (broad SMARTS) is 1. The lowest BCUT2D eigenvalue weighted by atomic mass is 10.3. The number of carbonyl (C=O) groups is 1. The molecule has 0 unspecified atom stereocenters. The van der Waals surface area contributed by atoms with Gasteiger partial charge in [-0.3, -0.25) is 0 Å². The van der Waals surface area contributed by atoms with Crippen molar-refractivity contribution >= 4 is 14.3 Å². The molecule has 0 aromatic carbocycles. The van der Waals surface area contributed by atoms with Gasteiger partial charge in [-0.25, -0.2) is 4.79 Å².